The third kappa shape index (κ3) is 3.99. The topological polar surface area (TPSA) is 48.7 Å². The summed E-state index contributed by atoms with van der Waals surface area (Å²) >= 11 is 0. The molecule has 0 bridgehead atoms. The standard InChI is InChI=1S/C24H19FO4/c1-2-27-24(26)22-20-14-19(28-15-16-7-6-10-18(25)13-16)11-12-21(20)29-23(22)17-8-4-3-5-9-17/h3-14H,2,15H2,1H3. The molecule has 0 unspecified atom stereocenters. The van der Waals surface area contributed by atoms with Crippen LogP contribution in [0.5, 0.6) is 5.75 Å². The van der Waals surface area contributed by atoms with Crippen molar-refractivity contribution in [3.63, 3.8) is 0 Å². The zero-order valence-electron chi connectivity index (χ0n) is 15.9. The molecule has 4 rings (SSSR count). The Morgan fingerprint density at radius 2 is 1.83 bits per heavy atom. The Balaban J connectivity index is 1.72. The van der Waals surface area contributed by atoms with E-state index in [4.69, 9.17) is 13.9 Å². The van der Waals surface area contributed by atoms with E-state index in [0.29, 0.717) is 33.6 Å². The first kappa shape index (κ1) is 18.7. The summed E-state index contributed by atoms with van der Waals surface area (Å²) in [6.07, 6.45) is 0. The van der Waals surface area contributed by atoms with Gasteiger partial charge in [0.05, 0.1) is 6.61 Å². The zero-order chi connectivity index (χ0) is 20.2. The van der Waals surface area contributed by atoms with E-state index in [0.717, 1.165) is 5.56 Å². The van der Waals surface area contributed by atoms with Gasteiger partial charge >= 0.3 is 5.97 Å². The summed E-state index contributed by atoms with van der Waals surface area (Å²) in [5.74, 6) is 0.245. The molecule has 0 atom stereocenters. The van der Waals surface area contributed by atoms with Crippen LogP contribution in [-0.2, 0) is 11.3 Å². The third-order valence-corrected chi connectivity index (χ3v) is 4.47. The van der Waals surface area contributed by atoms with Crippen LogP contribution in [0.2, 0.25) is 0 Å². The van der Waals surface area contributed by atoms with Crippen LogP contribution >= 0.6 is 0 Å². The lowest BCUT2D eigenvalue weighted by Gasteiger charge is -2.07. The lowest BCUT2D eigenvalue weighted by Crippen LogP contribution is -2.05. The number of esters is 1. The molecule has 0 aliphatic heterocycles. The Morgan fingerprint density at radius 1 is 1.00 bits per heavy atom. The van der Waals surface area contributed by atoms with E-state index in [1.54, 1.807) is 37.3 Å². The maximum atomic E-state index is 13.4. The Kier molecular flexibility index (Phi) is 5.29. The molecule has 0 N–H and O–H groups in total. The Hall–Kier alpha value is -3.60. The number of rotatable bonds is 6. The first-order valence-electron chi connectivity index (χ1n) is 9.32. The van der Waals surface area contributed by atoms with E-state index >= 15 is 0 Å². The van der Waals surface area contributed by atoms with E-state index in [2.05, 4.69) is 0 Å². The van der Waals surface area contributed by atoms with Crippen molar-refractivity contribution in [1.29, 1.82) is 0 Å². The highest BCUT2D eigenvalue weighted by Crippen LogP contribution is 2.36. The molecule has 4 nitrogen and oxygen atoms in total. The molecule has 3 aromatic carbocycles. The fourth-order valence-corrected chi connectivity index (χ4v) is 3.16. The molecule has 0 radical (unpaired) electrons. The van der Waals surface area contributed by atoms with Gasteiger partial charge in [-0.25, -0.2) is 9.18 Å². The Bertz CT molecular complexity index is 1150. The lowest BCUT2D eigenvalue weighted by molar-refractivity contribution is 0.0528. The summed E-state index contributed by atoms with van der Waals surface area (Å²) in [5, 5.41) is 0.610. The van der Waals surface area contributed by atoms with Crippen molar-refractivity contribution in [2.45, 2.75) is 13.5 Å². The first-order chi connectivity index (χ1) is 14.2. The number of fused-ring (bicyclic) bond motifs is 1. The quantitative estimate of drug-likeness (QED) is 0.379. The van der Waals surface area contributed by atoms with Gasteiger partial charge in [0.2, 0.25) is 0 Å². The van der Waals surface area contributed by atoms with Crippen LogP contribution in [-0.4, -0.2) is 12.6 Å². The van der Waals surface area contributed by atoms with E-state index in [-0.39, 0.29) is 19.0 Å². The molecule has 0 aliphatic carbocycles. The van der Waals surface area contributed by atoms with Crippen LogP contribution in [0.3, 0.4) is 0 Å². The van der Waals surface area contributed by atoms with E-state index in [1.165, 1.54) is 12.1 Å². The van der Waals surface area contributed by atoms with E-state index < -0.39 is 5.97 Å². The first-order valence-corrected chi connectivity index (χ1v) is 9.32. The van der Waals surface area contributed by atoms with Crippen molar-refractivity contribution in [3.05, 3.63) is 89.7 Å². The fourth-order valence-electron chi connectivity index (χ4n) is 3.16. The number of furan rings is 1. The molecule has 0 saturated carbocycles. The minimum Gasteiger partial charge on any atom is -0.489 e. The zero-order valence-corrected chi connectivity index (χ0v) is 15.9. The van der Waals surface area contributed by atoms with Gasteiger partial charge in [-0.05, 0) is 42.8 Å². The lowest BCUT2D eigenvalue weighted by atomic mass is 10.1. The minimum atomic E-state index is -0.451. The van der Waals surface area contributed by atoms with Crippen LogP contribution in [0.15, 0.2) is 77.2 Å². The maximum absolute atomic E-state index is 13.4. The van der Waals surface area contributed by atoms with Gasteiger partial charge in [-0.2, -0.15) is 0 Å². The van der Waals surface area contributed by atoms with E-state index in [9.17, 15) is 9.18 Å². The van der Waals surface area contributed by atoms with Gasteiger partial charge in [0.15, 0.2) is 0 Å². The summed E-state index contributed by atoms with van der Waals surface area (Å²) in [4.78, 5) is 12.7. The molecule has 0 fully saturated rings. The van der Waals surface area contributed by atoms with Crippen molar-refractivity contribution in [1.82, 2.24) is 0 Å². The van der Waals surface area contributed by atoms with Crippen LogP contribution < -0.4 is 4.74 Å². The summed E-state index contributed by atoms with van der Waals surface area (Å²) in [6, 6.07) is 20.9. The van der Waals surface area contributed by atoms with Crippen LogP contribution in [0.25, 0.3) is 22.3 Å². The van der Waals surface area contributed by atoms with Crippen LogP contribution in [0.4, 0.5) is 4.39 Å². The number of carbonyl (C=O) groups is 1. The molecule has 1 heterocycles. The molecule has 1 aromatic heterocycles. The summed E-state index contributed by atoms with van der Waals surface area (Å²) in [7, 11) is 0. The summed E-state index contributed by atoms with van der Waals surface area (Å²) in [6.45, 7) is 2.23. The van der Waals surface area contributed by atoms with Crippen LogP contribution in [0, 0.1) is 5.82 Å². The maximum Gasteiger partial charge on any atom is 0.342 e. The van der Waals surface area contributed by atoms with Gasteiger partial charge in [0.25, 0.3) is 0 Å². The fraction of sp³-hybridized carbons (Fsp3) is 0.125. The molecular formula is C24H19FO4. The normalized spacial score (nSPS) is 10.8. The number of hydrogen-bond donors (Lipinski definition) is 0. The van der Waals surface area contributed by atoms with Gasteiger partial charge in [0, 0.05) is 10.9 Å². The van der Waals surface area contributed by atoms with Gasteiger partial charge in [-0.15, -0.1) is 0 Å². The molecule has 0 amide bonds. The predicted molar refractivity (Wildman–Crippen MR) is 108 cm³/mol. The molecular weight excluding hydrogens is 371 g/mol. The van der Waals surface area contributed by atoms with E-state index in [1.807, 2.05) is 30.3 Å². The van der Waals surface area contributed by atoms with Crippen molar-refractivity contribution in [2.24, 2.45) is 0 Å². The monoisotopic (exact) mass is 390 g/mol. The molecule has 146 valence electrons. The molecule has 0 aliphatic rings. The summed E-state index contributed by atoms with van der Waals surface area (Å²) in [5.41, 5.74) is 2.43. The predicted octanol–water partition coefficient (Wildman–Crippen LogP) is 5.99. The second-order valence-corrected chi connectivity index (χ2v) is 6.47. The number of hydrogen-bond acceptors (Lipinski definition) is 4. The largest absolute Gasteiger partial charge is 0.489 e. The van der Waals surface area contributed by atoms with Gasteiger partial charge in [-0.3, -0.25) is 0 Å². The second kappa shape index (κ2) is 8.19. The number of ether oxygens (including phenoxy) is 2. The Morgan fingerprint density at radius 3 is 2.59 bits per heavy atom. The molecule has 0 spiro atoms. The minimum absolute atomic E-state index is 0.210. The Labute approximate surface area is 167 Å². The van der Waals surface area contributed by atoms with Gasteiger partial charge in [-0.1, -0.05) is 42.5 Å². The number of carbonyl (C=O) groups excluding carboxylic acids is 1. The second-order valence-electron chi connectivity index (χ2n) is 6.47. The molecule has 4 aromatic rings. The van der Waals surface area contributed by atoms with Gasteiger partial charge in [0.1, 0.15) is 35.1 Å². The average molecular weight is 390 g/mol. The third-order valence-electron chi connectivity index (χ3n) is 4.47. The average Bonchev–Trinajstić information content (AvgIpc) is 3.12. The van der Waals surface area contributed by atoms with Gasteiger partial charge < -0.3 is 13.9 Å². The van der Waals surface area contributed by atoms with Crippen LogP contribution in [0.1, 0.15) is 22.8 Å². The highest BCUT2D eigenvalue weighted by Gasteiger charge is 2.23. The smallest absolute Gasteiger partial charge is 0.342 e. The SMILES string of the molecule is CCOC(=O)c1c(-c2ccccc2)oc2ccc(OCc3cccc(F)c3)cc12. The molecule has 5 heteroatoms. The van der Waals surface area contributed by atoms with Crippen molar-refractivity contribution in [2.75, 3.05) is 6.61 Å². The number of benzene rings is 3. The summed E-state index contributed by atoms with van der Waals surface area (Å²) < 4.78 is 30.4. The highest BCUT2D eigenvalue weighted by atomic mass is 19.1. The van der Waals surface area contributed by atoms with Crippen molar-refractivity contribution < 1.29 is 23.1 Å². The highest BCUT2D eigenvalue weighted by molar-refractivity contribution is 6.09. The molecule has 0 saturated heterocycles. The number of halogens is 1. The van der Waals surface area contributed by atoms with Crippen molar-refractivity contribution in [3.8, 4) is 17.1 Å². The van der Waals surface area contributed by atoms with Crippen molar-refractivity contribution >= 4 is 16.9 Å². The molecule has 29 heavy (non-hydrogen) atoms.